The van der Waals surface area contributed by atoms with Gasteiger partial charge in [-0.2, -0.15) is 4.31 Å². The molecule has 0 unspecified atom stereocenters. The summed E-state index contributed by atoms with van der Waals surface area (Å²) in [6, 6.07) is 16.2. The number of nitrogens with zero attached hydrogens (tertiary/aromatic N) is 2. The molecule has 1 aliphatic rings. The lowest BCUT2D eigenvalue weighted by molar-refractivity contribution is -0.130. The highest BCUT2D eigenvalue weighted by Gasteiger charge is 2.29. The highest BCUT2D eigenvalue weighted by Crippen LogP contribution is 2.17. The Labute approximate surface area is 167 Å². The van der Waals surface area contributed by atoms with Gasteiger partial charge in [0.1, 0.15) is 0 Å². The number of amides is 1. The van der Waals surface area contributed by atoms with E-state index in [2.05, 4.69) is 27.9 Å². The number of hydrogen-bond acceptors (Lipinski definition) is 4. The van der Waals surface area contributed by atoms with Crippen molar-refractivity contribution in [3.05, 3.63) is 58.2 Å². The molecule has 0 bridgehead atoms. The Hall–Kier alpha value is -1.65. The van der Waals surface area contributed by atoms with Crippen molar-refractivity contribution in [2.75, 3.05) is 38.0 Å². The quantitative estimate of drug-likeness (QED) is 0.660. The Bertz CT molecular complexity index is 849. The van der Waals surface area contributed by atoms with Crippen LogP contribution in [0.3, 0.4) is 0 Å². The number of halogens is 1. The van der Waals surface area contributed by atoms with Gasteiger partial charge in [0.25, 0.3) is 0 Å². The van der Waals surface area contributed by atoms with E-state index in [9.17, 15) is 13.2 Å². The molecule has 1 saturated heterocycles. The Balaban J connectivity index is 1.53. The van der Waals surface area contributed by atoms with E-state index in [1.54, 1.807) is 35.2 Å². The van der Waals surface area contributed by atoms with E-state index in [1.807, 2.05) is 24.3 Å². The van der Waals surface area contributed by atoms with Gasteiger partial charge >= 0.3 is 0 Å². The van der Waals surface area contributed by atoms with Crippen molar-refractivity contribution >= 4 is 44.2 Å². The molecule has 0 spiro atoms. The van der Waals surface area contributed by atoms with Crippen LogP contribution in [0.4, 0.5) is 5.69 Å². The largest absolute Gasteiger partial charge is 0.376 e. The monoisotopic (exact) mass is 485 g/mol. The summed E-state index contributed by atoms with van der Waals surface area (Å²) >= 11 is 2.23. The molecule has 1 amide bonds. The SMILES string of the molecule is O=C(CNc1ccc(I)cc1)N1CCN(S(=O)(=O)c2ccccc2)CC1. The third kappa shape index (κ3) is 4.54. The Morgan fingerprint density at radius 2 is 1.58 bits per heavy atom. The molecule has 1 aliphatic heterocycles. The first-order valence-corrected chi connectivity index (χ1v) is 10.8. The third-order valence-corrected chi connectivity index (χ3v) is 6.89. The van der Waals surface area contributed by atoms with Crippen molar-refractivity contribution in [3.63, 3.8) is 0 Å². The molecule has 6 nitrogen and oxygen atoms in total. The van der Waals surface area contributed by atoms with E-state index in [0.717, 1.165) is 9.26 Å². The summed E-state index contributed by atoms with van der Waals surface area (Å²) in [6.07, 6.45) is 0. The first-order chi connectivity index (χ1) is 12.5. The summed E-state index contributed by atoms with van der Waals surface area (Å²) in [5, 5.41) is 3.11. The van der Waals surface area contributed by atoms with E-state index < -0.39 is 10.0 Å². The standard InChI is InChI=1S/C18H20IN3O3S/c19-15-6-8-16(9-7-15)20-14-18(23)21-10-12-22(13-11-21)26(24,25)17-4-2-1-3-5-17/h1-9,20H,10-14H2. The van der Waals surface area contributed by atoms with Gasteiger partial charge in [-0.05, 0) is 59.0 Å². The maximum Gasteiger partial charge on any atom is 0.243 e. The van der Waals surface area contributed by atoms with Gasteiger partial charge < -0.3 is 10.2 Å². The molecule has 0 aliphatic carbocycles. The number of rotatable bonds is 5. The van der Waals surface area contributed by atoms with Crippen LogP contribution in [0.2, 0.25) is 0 Å². The average molecular weight is 485 g/mol. The second kappa shape index (κ2) is 8.36. The molecule has 0 radical (unpaired) electrons. The van der Waals surface area contributed by atoms with Crippen molar-refractivity contribution in [2.24, 2.45) is 0 Å². The lowest BCUT2D eigenvalue weighted by Gasteiger charge is -2.34. The van der Waals surface area contributed by atoms with E-state index >= 15 is 0 Å². The normalized spacial score (nSPS) is 15.7. The first-order valence-electron chi connectivity index (χ1n) is 8.29. The minimum atomic E-state index is -3.49. The highest BCUT2D eigenvalue weighted by molar-refractivity contribution is 14.1. The maximum absolute atomic E-state index is 12.6. The van der Waals surface area contributed by atoms with Crippen LogP contribution in [-0.4, -0.2) is 56.3 Å². The fourth-order valence-electron chi connectivity index (χ4n) is 2.78. The van der Waals surface area contributed by atoms with Gasteiger partial charge in [0.2, 0.25) is 15.9 Å². The molecule has 2 aromatic rings. The number of piperazine rings is 1. The van der Waals surface area contributed by atoms with Crippen molar-refractivity contribution in [3.8, 4) is 0 Å². The van der Waals surface area contributed by atoms with Crippen molar-refractivity contribution in [1.29, 1.82) is 0 Å². The summed E-state index contributed by atoms with van der Waals surface area (Å²) in [5.74, 6) is -0.0275. The van der Waals surface area contributed by atoms with Gasteiger partial charge in [0, 0.05) is 35.4 Å². The molecule has 138 valence electrons. The van der Waals surface area contributed by atoms with Crippen LogP contribution in [0.1, 0.15) is 0 Å². The summed E-state index contributed by atoms with van der Waals surface area (Å²) in [4.78, 5) is 14.4. The zero-order valence-corrected chi connectivity index (χ0v) is 17.1. The molecule has 1 heterocycles. The Kier molecular flexibility index (Phi) is 6.15. The maximum atomic E-state index is 12.6. The topological polar surface area (TPSA) is 69.7 Å². The predicted octanol–water partition coefficient (Wildman–Crippen LogP) is 2.24. The number of carbonyl (C=O) groups excluding carboxylic acids is 1. The number of benzene rings is 2. The van der Waals surface area contributed by atoms with Crippen LogP contribution >= 0.6 is 22.6 Å². The van der Waals surface area contributed by atoms with Gasteiger partial charge in [-0.25, -0.2) is 8.42 Å². The summed E-state index contributed by atoms with van der Waals surface area (Å²) in [6.45, 7) is 1.63. The second-order valence-corrected chi connectivity index (χ2v) is 9.14. The van der Waals surface area contributed by atoms with Gasteiger partial charge in [0.15, 0.2) is 0 Å². The molecule has 0 atom stereocenters. The number of hydrogen-bond donors (Lipinski definition) is 1. The van der Waals surface area contributed by atoms with Gasteiger partial charge in [-0.1, -0.05) is 18.2 Å². The Morgan fingerprint density at radius 3 is 2.19 bits per heavy atom. The molecule has 0 aromatic heterocycles. The molecule has 1 N–H and O–H groups in total. The van der Waals surface area contributed by atoms with E-state index in [0.29, 0.717) is 31.1 Å². The van der Waals surface area contributed by atoms with Crippen molar-refractivity contribution < 1.29 is 13.2 Å². The smallest absolute Gasteiger partial charge is 0.243 e. The molecule has 8 heteroatoms. The summed E-state index contributed by atoms with van der Waals surface area (Å²) in [7, 11) is -3.49. The van der Waals surface area contributed by atoms with Crippen LogP contribution in [0.5, 0.6) is 0 Å². The lowest BCUT2D eigenvalue weighted by Crippen LogP contribution is -2.51. The van der Waals surface area contributed by atoms with Crippen molar-refractivity contribution in [1.82, 2.24) is 9.21 Å². The minimum absolute atomic E-state index is 0.0275. The van der Waals surface area contributed by atoms with E-state index in [1.165, 1.54) is 4.31 Å². The van der Waals surface area contributed by atoms with Crippen LogP contribution in [0.15, 0.2) is 59.5 Å². The Morgan fingerprint density at radius 1 is 0.962 bits per heavy atom. The highest BCUT2D eigenvalue weighted by atomic mass is 127. The second-order valence-electron chi connectivity index (χ2n) is 5.96. The van der Waals surface area contributed by atoms with Crippen LogP contribution in [-0.2, 0) is 14.8 Å². The van der Waals surface area contributed by atoms with Crippen LogP contribution in [0, 0.1) is 3.57 Å². The number of nitrogens with one attached hydrogen (secondary N) is 1. The molecule has 3 rings (SSSR count). The minimum Gasteiger partial charge on any atom is -0.376 e. The fraction of sp³-hybridized carbons (Fsp3) is 0.278. The van der Waals surface area contributed by atoms with E-state index in [4.69, 9.17) is 0 Å². The first kappa shape index (κ1) is 19.1. The van der Waals surface area contributed by atoms with Gasteiger partial charge in [-0.15, -0.1) is 0 Å². The number of carbonyl (C=O) groups is 1. The van der Waals surface area contributed by atoms with Crippen LogP contribution in [0.25, 0.3) is 0 Å². The molecule has 1 fully saturated rings. The summed E-state index contributed by atoms with van der Waals surface area (Å²) in [5.41, 5.74) is 0.893. The van der Waals surface area contributed by atoms with Gasteiger partial charge in [0.05, 0.1) is 11.4 Å². The average Bonchev–Trinajstić information content (AvgIpc) is 2.68. The van der Waals surface area contributed by atoms with Crippen LogP contribution < -0.4 is 5.32 Å². The number of sulfonamides is 1. The van der Waals surface area contributed by atoms with Gasteiger partial charge in [-0.3, -0.25) is 4.79 Å². The summed E-state index contributed by atoms with van der Waals surface area (Å²) < 4.78 is 27.8. The molecule has 0 saturated carbocycles. The lowest BCUT2D eigenvalue weighted by atomic mass is 10.3. The molecular formula is C18H20IN3O3S. The third-order valence-electron chi connectivity index (χ3n) is 4.26. The molecular weight excluding hydrogens is 465 g/mol. The van der Waals surface area contributed by atoms with E-state index in [-0.39, 0.29) is 12.5 Å². The fourth-order valence-corrected chi connectivity index (χ4v) is 4.58. The molecule has 26 heavy (non-hydrogen) atoms. The number of anilines is 1. The predicted molar refractivity (Wildman–Crippen MR) is 109 cm³/mol. The molecule has 2 aromatic carbocycles. The zero-order chi connectivity index (χ0) is 18.6. The van der Waals surface area contributed by atoms with Crippen molar-refractivity contribution in [2.45, 2.75) is 4.90 Å². The zero-order valence-electron chi connectivity index (χ0n) is 14.1.